The van der Waals surface area contributed by atoms with Gasteiger partial charge in [0, 0.05) is 11.6 Å². The van der Waals surface area contributed by atoms with Crippen molar-refractivity contribution in [3.63, 3.8) is 0 Å². The Hall–Kier alpha value is -4.64. The maximum Gasteiger partial charge on any atom is 0.349 e. The van der Waals surface area contributed by atoms with E-state index < -0.39 is 11.9 Å². The Labute approximate surface area is 241 Å². The summed E-state index contributed by atoms with van der Waals surface area (Å²) >= 11 is 0. The zero-order chi connectivity index (χ0) is 29.4. The first-order valence-corrected chi connectivity index (χ1v) is 13.9. The van der Waals surface area contributed by atoms with E-state index in [1.807, 2.05) is 57.2 Å². The Bertz CT molecular complexity index is 1470. The summed E-state index contributed by atoms with van der Waals surface area (Å²) in [7, 11) is 0. The molecule has 8 heteroatoms. The van der Waals surface area contributed by atoms with Crippen LogP contribution in [0.4, 0.5) is 0 Å². The molecule has 0 saturated heterocycles. The van der Waals surface area contributed by atoms with Gasteiger partial charge >= 0.3 is 5.97 Å². The number of hydrogen-bond acceptors (Lipinski definition) is 8. The molecule has 3 aromatic carbocycles. The number of carbonyl (C=O) groups is 1. The van der Waals surface area contributed by atoms with Gasteiger partial charge in [0.15, 0.2) is 18.1 Å². The Morgan fingerprint density at radius 1 is 0.976 bits per heavy atom. The van der Waals surface area contributed by atoms with Crippen LogP contribution in [-0.2, 0) is 4.79 Å². The fourth-order valence-electron chi connectivity index (χ4n) is 4.65. The van der Waals surface area contributed by atoms with E-state index >= 15 is 0 Å². The van der Waals surface area contributed by atoms with Crippen LogP contribution in [0.25, 0.3) is 0 Å². The molecule has 1 heterocycles. The van der Waals surface area contributed by atoms with Gasteiger partial charge in [-0.3, -0.25) is 0 Å². The summed E-state index contributed by atoms with van der Waals surface area (Å²) in [5, 5.41) is 9.97. The van der Waals surface area contributed by atoms with E-state index in [2.05, 4.69) is 13.0 Å². The molecule has 4 rings (SSSR count). The summed E-state index contributed by atoms with van der Waals surface area (Å²) in [6.45, 7) is 8.78. The number of hydrogen-bond donors (Lipinski definition) is 1. The lowest BCUT2D eigenvalue weighted by atomic mass is 9.83. The van der Waals surface area contributed by atoms with Crippen molar-refractivity contribution in [1.29, 1.82) is 5.26 Å². The minimum atomic E-state index is -0.560. The molecule has 8 nitrogen and oxygen atoms in total. The molecule has 1 aliphatic heterocycles. The van der Waals surface area contributed by atoms with Crippen molar-refractivity contribution in [3.05, 3.63) is 88.3 Å². The number of nitriles is 1. The SMILES string of the molecule is CCCCCOc1ccc(C2C(C#N)=C(N)Oc3cc(OC(=O)COc4cccc(C)c4C)ccc32)cc1OCC. The normalized spacial score (nSPS) is 14.0. The molecule has 214 valence electrons. The monoisotopic (exact) mass is 556 g/mol. The quantitative estimate of drug-likeness (QED) is 0.153. The van der Waals surface area contributed by atoms with Crippen molar-refractivity contribution in [2.24, 2.45) is 5.73 Å². The van der Waals surface area contributed by atoms with Gasteiger partial charge in [-0.25, -0.2) is 4.79 Å². The van der Waals surface area contributed by atoms with E-state index in [-0.39, 0.29) is 23.8 Å². The van der Waals surface area contributed by atoms with Crippen LogP contribution in [0.1, 0.15) is 61.3 Å². The third-order valence-corrected chi connectivity index (χ3v) is 6.93. The summed E-state index contributed by atoms with van der Waals surface area (Å²) in [6.07, 6.45) is 3.16. The largest absolute Gasteiger partial charge is 0.490 e. The van der Waals surface area contributed by atoms with Crippen LogP contribution in [-0.4, -0.2) is 25.8 Å². The first-order chi connectivity index (χ1) is 19.9. The first kappa shape index (κ1) is 29.3. The van der Waals surface area contributed by atoms with Gasteiger partial charge < -0.3 is 29.4 Å². The smallest absolute Gasteiger partial charge is 0.349 e. The first-order valence-electron chi connectivity index (χ1n) is 13.9. The van der Waals surface area contributed by atoms with Gasteiger partial charge in [-0.05, 0) is 68.1 Å². The molecule has 0 bridgehead atoms. The topological polar surface area (TPSA) is 113 Å². The zero-order valence-electron chi connectivity index (χ0n) is 24.0. The number of nitrogens with zero attached hydrogens (tertiary/aromatic N) is 1. The summed E-state index contributed by atoms with van der Waals surface area (Å²) < 4.78 is 28.9. The Kier molecular flexibility index (Phi) is 9.75. The van der Waals surface area contributed by atoms with Crippen LogP contribution in [0, 0.1) is 25.2 Å². The predicted octanol–water partition coefficient (Wildman–Crippen LogP) is 6.47. The van der Waals surface area contributed by atoms with Crippen LogP contribution in [0.5, 0.6) is 28.7 Å². The maximum atomic E-state index is 12.6. The average Bonchev–Trinajstić information content (AvgIpc) is 2.96. The van der Waals surface area contributed by atoms with Crippen molar-refractivity contribution in [1.82, 2.24) is 0 Å². The van der Waals surface area contributed by atoms with Gasteiger partial charge in [0.2, 0.25) is 5.88 Å². The number of carbonyl (C=O) groups excluding carboxylic acids is 1. The number of esters is 1. The molecule has 0 aromatic heterocycles. The standard InChI is InChI=1S/C33H36N2O6/c1-5-7-8-16-38-28-15-12-23(17-30(28)37-6-2)32-25-14-13-24(18-29(25)41-33(35)26(32)19-34)40-31(36)20-39-27-11-9-10-21(3)22(27)4/h9-15,17-18,32H,5-8,16,20,35H2,1-4H3. The minimum absolute atomic E-state index is 0.00964. The highest BCUT2D eigenvalue weighted by Gasteiger charge is 2.32. The number of unbranched alkanes of at least 4 members (excludes halogenated alkanes) is 2. The molecular formula is C33H36N2O6. The Morgan fingerprint density at radius 3 is 2.56 bits per heavy atom. The number of nitrogens with two attached hydrogens (primary N) is 1. The van der Waals surface area contributed by atoms with Crippen molar-refractivity contribution in [2.75, 3.05) is 19.8 Å². The Balaban J connectivity index is 1.56. The van der Waals surface area contributed by atoms with E-state index in [1.165, 1.54) is 0 Å². The highest BCUT2D eigenvalue weighted by Crippen LogP contribution is 2.45. The lowest BCUT2D eigenvalue weighted by molar-refractivity contribution is -0.136. The van der Waals surface area contributed by atoms with Crippen LogP contribution in [0.3, 0.4) is 0 Å². The van der Waals surface area contributed by atoms with Crippen LogP contribution < -0.4 is 29.4 Å². The van der Waals surface area contributed by atoms with Crippen molar-refractivity contribution in [3.8, 4) is 34.8 Å². The number of ether oxygens (including phenoxy) is 5. The van der Waals surface area contributed by atoms with Crippen molar-refractivity contribution >= 4 is 5.97 Å². The number of benzene rings is 3. The third kappa shape index (κ3) is 6.93. The fourth-order valence-corrected chi connectivity index (χ4v) is 4.65. The predicted molar refractivity (Wildman–Crippen MR) is 155 cm³/mol. The third-order valence-electron chi connectivity index (χ3n) is 6.93. The number of rotatable bonds is 12. The second-order valence-electron chi connectivity index (χ2n) is 9.78. The van der Waals surface area contributed by atoms with E-state index in [0.29, 0.717) is 41.8 Å². The van der Waals surface area contributed by atoms with E-state index in [1.54, 1.807) is 18.2 Å². The average molecular weight is 557 g/mol. The van der Waals surface area contributed by atoms with E-state index in [4.69, 9.17) is 29.4 Å². The lowest BCUT2D eigenvalue weighted by Gasteiger charge is -2.27. The zero-order valence-corrected chi connectivity index (χ0v) is 24.0. The Morgan fingerprint density at radius 2 is 1.80 bits per heavy atom. The molecule has 0 aliphatic carbocycles. The number of fused-ring (bicyclic) bond motifs is 1. The second kappa shape index (κ2) is 13.6. The molecule has 41 heavy (non-hydrogen) atoms. The van der Waals surface area contributed by atoms with Gasteiger partial charge in [0.1, 0.15) is 28.9 Å². The minimum Gasteiger partial charge on any atom is -0.490 e. The summed E-state index contributed by atoms with van der Waals surface area (Å²) in [5.41, 5.74) is 10.0. The molecule has 0 saturated carbocycles. The molecule has 0 spiro atoms. The molecule has 0 radical (unpaired) electrons. The van der Waals surface area contributed by atoms with Crippen LogP contribution >= 0.6 is 0 Å². The summed E-state index contributed by atoms with van der Waals surface area (Å²) in [6, 6.07) is 18.5. The van der Waals surface area contributed by atoms with Gasteiger partial charge in [0.25, 0.3) is 0 Å². The molecule has 1 atom stereocenters. The van der Waals surface area contributed by atoms with E-state index in [0.717, 1.165) is 36.0 Å². The fraction of sp³-hybridized carbons (Fsp3) is 0.333. The van der Waals surface area contributed by atoms with Gasteiger partial charge in [-0.15, -0.1) is 0 Å². The summed E-state index contributed by atoms with van der Waals surface area (Å²) in [5.74, 6) is 1.47. The highest BCUT2D eigenvalue weighted by molar-refractivity contribution is 5.74. The van der Waals surface area contributed by atoms with E-state index in [9.17, 15) is 10.1 Å². The van der Waals surface area contributed by atoms with Crippen molar-refractivity contribution in [2.45, 2.75) is 52.9 Å². The molecule has 0 fully saturated rings. The lowest BCUT2D eigenvalue weighted by Crippen LogP contribution is -2.22. The van der Waals surface area contributed by atoms with Crippen LogP contribution in [0.2, 0.25) is 0 Å². The van der Waals surface area contributed by atoms with Gasteiger partial charge in [-0.2, -0.15) is 5.26 Å². The molecule has 1 unspecified atom stereocenters. The number of aryl methyl sites for hydroxylation is 1. The molecule has 1 aliphatic rings. The second-order valence-corrected chi connectivity index (χ2v) is 9.78. The van der Waals surface area contributed by atoms with Crippen molar-refractivity contribution < 1.29 is 28.5 Å². The van der Waals surface area contributed by atoms with Gasteiger partial charge in [-0.1, -0.05) is 44.0 Å². The summed E-state index contributed by atoms with van der Waals surface area (Å²) in [4.78, 5) is 12.6. The molecule has 2 N–H and O–H groups in total. The van der Waals surface area contributed by atoms with Gasteiger partial charge in [0.05, 0.1) is 19.1 Å². The van der Waals surface area contributed by atoms with Crippen LogP contribution in [0.15, 0.2) is 66.1 Å². The maximum absolute atomic E-state index is 12.6. The molecule has 0 amide bonds. The highest BCUT2D eigenvalue weighted by atomic mass is 16.6. The number of allylic oxidation sites excluding steroid dienone is 1. The molecular weight excluding hydrogens is 520 g/mol. The molecule has 3 aromatic rings.